The Labute approximate surface area is 93.9 Å². The SMILES string of the molecule is CCN(Cc1ncc[nH]1)c1ccc(F)cc1. The van der Waals surface area contributed by atoms with Crippen molar-refractivity contribution < 1.29 is 4.39 Å². The van der Waals surface area contributed by atoms with Gasteiger partial charge in [-0.3, -0.25) is 0 Å². The Morgan fingerprint density at radius 3 is 2.62 bits per heavy atom. The molecule has 0 aliphatic heterocycles. The molecule has 4 heteroatoms. The Balaban J connectivity index is 2.13. The lowest BCUT2D eigenvalue weighted by molar-refractivity contribution is 0.627. The molecule has 0 amide bonds. The van der Waals surface area contributed by atoms with Gasteiger partial charge in [0.25, 0.3) is 0 Å². The van der Waals surface area contributed by atoms with Crippen LogP contribution < -0.4 is 4.90 Å². The number of halogens is 1. The first kappa shape index (κ1) is 10.7. The van der Waals surface area contributed by atoms with Crippen molar-refractivity contribution >= 4 is 5.69 Å². The third-order valence-corrected chi connectivity index (χ3v) is 2.47. The van der Waals surface area contributed by atoms with Gasteiger partial charge in [0.15, 0.2) is 0 Å². The molecule has 2 rings (SSSR count). The van der Waals surface area contributed by atoms with Crippen molar-refractivity contribution in [2.45, 2.75) is 13.5 Å². The zero-order chi connectivity index (χ0) is 11.4. The number of anilines is 1. The van der Waals surface area contributed by atoms with Gasteiger partial charge in [-0.2, -0.15) is 0 Å². The van der Waals surface area contributed by atoms with E-state index in [4.69, 9.17) is 0 Å². The number of rotatable bonds is 4. The van der Waals surface area contributed by atoms with Crippen molar-refractivity contribution in [3.05, 3.63) is 48.3 Å². The van der Waals surface area contributed by atoms with Crippen LogP contribution in [0, 0.1) is 5.82 Å². The Bertz CT molecular complexity index is 422. The average molecular weight is 219 g/mol. The van der Waals surface area contributed by atoms with Gasteiger partial charge in [0.2, 0.25) is 0 Å². The lowest BCUT2D eigenvalue weighted by atomic mass is 10.2. The minimum absolute atomic E-state index is 0.210. The summed E-state index contributed by atoms with van der Waals surface area (Å²) in [4.78, 5) is 9.36. The third-order valence-electron chi connectivity index (χ3n) is 2.47. The maximum Gasteiger partial charge on any atom is 0.125 e. The Kier molecular flexibility index (Phi) is 3.19. The van der Waals surface area contributed by atoms with Crippen LogP contribution >= 0.6 is 0 Å². The van der Waals surface area contributed by atoms with E-state index < -0.39 is 0 Å². The molecule has 1 N–H and O–H groups in total. The number of H-pyrrole nitrogens is 1. The summed E-state index contributed by atoms with van der Waals surface area (Å²) in [6.45, 7) is 3.62. The van der Waals surface area contributed by atoms with E-state index in [0.717, 1.165) is 18.1 Å². The predicted molar refractivity (Wildman–Crippen MR) is 61.7 cm³/mol. The first-order chi connectivity index (χ1) is 7.79. The topological polar surface area (TPSA) is 31.9 Å². The van der Waals surface area contributed by atoms with E-state index in [1.807, 2.05) is 0 Å². The summed E-state index contributed by atoms with van der Waals surface area (Å²) in [7, 11) is 0. The van der Waals surface area contributed by atoms with Gasteiger partial charge in [0.05, 0.1) is 6.54 Å². The van der Waals surface area contributed by atoms with E-state index >= 15 is 0 Å². The predicted octanol–water partition coefficient (Wildman–Crippen LogP) is 2.58. The first-order valence-electron chi connectivity index (χ1n) is 5.28. The molecule has 0 radical (unpaired) electrons. The highest BCUT2D eigenvalue weighted by Gasteiger charge is 2.06. The number of benzene rings is 1. The van der Waals surface area contributed by atoms with Crippen molar-refractivity contribution in [2.75, 3.05) is 11.4 Å². The van der Waals surface area contributed by atoms with Crippen LogP contribution in [-0.4, -0.2) is 16.5 Å². The maximum atomic E-state index is 12.8. The third kappa shape index (κ3) is 2.39. The number of imidazole rings is 1. The highest BCUT2D eigenvalue weighted by molar-refractivity contribution is 5.46. The molecule has 0 bridgehead atoms. The summed E-state index contributed by atoms with van der Waals surface area (Å²) in [5.41, 5.74) is 1.00. The molecule has 1 aromatic heterocycles. The van der Waals surface area contributed by atoms with Crippen molar-refractivity contribution in [1.82, 2.24) is 9.97 Å². The van der Waals surface area contributed by atoms with Crippen molar-refractivity contribution in [1.29, 1.82) is 0 Å². The minimum atomic E-state index is -0.210. The molecule has 16 heavy (non-hydrogen) atoms. The van der Waals surface area contributed by atoms with Crippen molar-refractivity contribution in [2.24, 2.45) is 0 Å². The summed E-state index contributed by atoms with van der Waals surface area (Å²) in [6, 6.07) is 6.50. The van der Waals surface area contributed by atoms with Crippen LogP contribution in [0.1, 0.15) is 12.7 Å². The molecule has 0 aliphatic carbocycles. The average Bonchev–Trinajstić information content (AvgIpc) is 2.80. The largest absolute Gasteiger partial charge is 0.364 e. The maximum absolute atomic E-state index is 12.8. The van der Waals surface area contributed by atoms with Crippen LogP contribution in [0.4, 0.5) is 10.1 Å². The smallest absolute Gasteiger partial charge is 0.125 e. The molecule has 84 valence electrons. The van der Waals surface area contributed by atoms with Gasteiger partial charge in [0, 0.05) is 24.6 Å². The normalized spacial score (nSPS) is 10.4. The molecule has 1 heterocycles. The van der Waals surface area contributed by atoms with Gasteiger partial charge >= 0.3 is 0 Å². The van der Waals surface area contributed by atoms with E-state index in [2.05, 4.69) is 21.8 Å². The lowest BCUT2D eigenvalue weighted by Gasteiger charge is -2.21. The van der Waals surface area contributed by atoms with Crippen LogP contribution in [0.15, 0.2) is 36.7 Å². The molecule has 0 aliphatic rings. The highest BCUT2D eigenvalue weighted by atomic mass is 19.1. The molecule has 0 fully saturated rings. The van der Waals surface area contributed by atoms with E-state index in [1.165, 1.54) is 12.1 Å². The first-order valence-corrected chi connectivity index (χ1v) is 5.28. The highest BCUT2D eigenvalue weighted by Crippen LogP contribution is 2.16. The summed E-state index contributed by atoms with van der Waals surface area (Å²) >= 11 is 0. The fraction of sp³-hybridized carbons (Fsp3) is 0.250. The Morgan fingerprint density at radius 1 is 1.31 bits per heavy atom. The molecular weight excluding hydrogens is 205 g/mol. The summed E-state index contributed by atoms with van der Waals surface area (Å²) < 4.78 is 12.8. The minimum Gasteiger partial charge on any atom is -0.364 e. The number of hydrogen-bond acceptors (Lipinski definition) is 2. The Hall–Kier alpha value is -1.84. The second-order valence-corrected chi connectivity index (χ2v) is 3.53. The lowest BCUT2D eigenvalue weighted by Crippen LogP contribution is -2.22. The fourth-order valence-electron chi connectivity index (χ4n) is 1.60. The molecule has 0 unspecified atom stereocenters. The summed E-state index contributed by atoms with van der Waals surface area (Å²) in [6.07, 6.45) is 3.53. The van der Waals surface area contributed by atoms with Gasteiger partial charge in [-0.1, -0.05) is 0 Å². The fourth-order valence-corrected chi connectivity index (χ4v) is 1.60. The quantitative estimate of drug-likeness (QED) is 0.857. The molecule has 0 saturated carbocycles. The zero-order valence-electron chi connectivity index (χ0n) is 9.15. The molecule has 3 nitrogen and oxygen atoms in total. The second kappa shape index (κ2) is 4.79. The van der Waals surface area contributed by atoms with Crippen LogP contribution in [0.2, 0.25) is 0 Å². The summed E-state index contributed by atoms with van der Waals surface area (Å²) in [5, 5.41) is 0. The Morgan fingerprint density at radius 2 is 2.06 bits per heavy atom. The van der Waals surface area contributed by atoms with Gasteiger partial charge in [-0.25, -0.2) is 9.37 Å². The number of hydrogen-bond donors (Lipinski definition) is 1. The van der Waals surface area contributed by atoms with Gasteiger partial charge < -0.3 is 9.88 Å². The van der Waals surface area contributed by atoms with Gasteiger partial charge in [0.1, 0.15) is 11.6 Å². The van der Waals surface area contributed by atoms with E-state index in [0.29, 0.717) is 6.54 Å². The number of nitrogens with zero attached hydrogens (tertiary/aromatic N) is 2. The second-order valence-electron chi connectivity index (χ2n) is 3.53. The van der Waals surface area contributed by atoms with Gasteiger partial charge in [-0.15, -0.1) is 0 Å². The van der Waals surface area contributed by atoms with Crippen LogP contribution in [0.3, 0.4) is 0 Å². The summed E-state index contributed by atoms with van der Waals surface area (Å²) in [5.74, 6) is 0.698. The number of aromatic nitrogens is 2. The van der Waals surface area contributed by atoms with Crippen LogP contribution in [-0.2, 0) is 6.54 Å². The molecule has 0 spiro atoms. The van der Waals surface area contributed by atoms with Crippen LogP contribution in [0.5, 0.6) is 0 Å². The number of nitrogens with one attached hydrogen (secondary N) is 1. The van der Waals surface area contributed by atoms with Crippen molar-refractivity contribution in [3.8, 4) is 0 Å². The van der Waals surface area contributed by atoms with E-state index in [1.54, 1.807) is 24.5 Å². The molecular formula is C12H14FN3. The molecule has 2 aromatic rings. The van der Waals surface area contributed by atoms with Crippen molar-refractivity contribution in [3.63, 3.8) is 0 Å². The van der Waals surface area contributed by atoms with E-state index in [9.17, 15) is 4.39 Å². The monoisotopic (exact) mass is 219 g/mol. The van der Waals surface area contributed by atoms with Crippen LogP contribution in [0.25, 0.3) is 0 Å². The molecule has 0 atom stereocenters. The van der Waals surface area contributed by atoms with Gasteiger partial charge in [-0.05, 0) is 31.2 Å². The number of aromatic amines is 1. The zero-order valence-corrected chi connectivity index (χ0v) is 9.15. The molecule has 0 saturated heterocycles. The molecule has 1 aromatic carbocycles. The standard InChI is InChI=1S/C12H14FN3/c1-2-16(9-12-14-7-8-15-12)11-5-3-10(13)4-6-11/h3-8H,2,9H2,1H3,(H,14,15). The van der Waals surface area contributed by atoms with E-state index in [-0.39, 0.29) is 5.82 Å².